The molecule has 10 aromatic rings. The zero-order chi connectivity index (χ0) is 35.8. The number of para-hydroxylation sites is 1. The van der Waals surface area contributed by atoms with Gasteiger partial charge in [-0.3, -0.25) is 0 Å². The summed E-state index contributed by atoms with van der Waals surface area (Å²) >= 11 is 0. The molecule has 0 aliphatic rings. The molecule has 0 saturated carbocycles. The highest BCUT2D eigenvalue weighted by Gasteiger charge is 2.20. The largest absolute Gasteiger partial charge is 0.310 e. The Hall–Kier alpha value is -7.16. The molecule has 0 saturated heterocycles. The normalized spacial score (nSPS) is 11.3. The van der Waals surface area contributed by atoms with Crippen molar-refractivity contribution in [3.63, 3.8) is 0 Å². The highest BCUT2D eigenvalue weighted by Crippen LogP contribution is 2.43. The molecule has 0 radical (unpaired) electrons. The van der Waals surface area contributed by atoms with Gasteiger partial charge in [-0.15, -0.1) is 0 Å². The lowest BCUT2D eigenvalue weighted by molar-refractivity contribution is 1.18. The number of anilines is 3. The molecule has 54 heavy (non-hydrogen) atoms. The van der Waals surface area contributed by atoms with Crippen molar-refractivity contribution >= 4 is 49.6 Å². The van der Waals surface area contributed by atoms with Gasteiger partial charge in [0.25, 0.3) is 0 Å². The molecule has 10 rings (SSSR count). The summed E-state index contributed by atoms with van der Waals surface area (Å²) in [4.78, 5) is 2.39. The third kappa shape index (κ3) is 5.53. The van der Waals surface area contributed by atoms with Crippen LogP contribution in [-0.4, -0.2) is 4.57 Å². The zero-order valence-electron chi connectivity index (χ0n) is 29.7. The summed E-state index contributed by atoms with van der Waals surface area (Å²) in [6.07, 6.45) is 0. The van der Waals surface area contributed by atoms with Crippen molar-refractivity contribution in [2.24, 2.45) is 0 Å². The number of aromatic nitrogens is 1. The van der Waals surface area contributed by atoms with Crippen LogP contribution in [0, 0.1) is 0 Å². The fourth-order valence-corrected chi connectivity index (χ4v) is 8.08. The smallest absolute Gasteiger partial charge is 0.0562 e. The van der Waals surface area contributed by atoms with Crippen LogP contribution in [0.25, 0.3) is 71.6 Å². The first-order valence-corrected chi connectivity index (χ1v) is 18.5. The van der Waals surface area contributed by atoms with E-state index >= 15 is 0 Å². The molecule has 0 aliphatic carbocycles. The van der Waals surface area contributed by atoms with Crippen molar-refractivity contribution < 1.29 is 0 Å². The van der Waals surface area contributed by atoms with Gasteiger partial charge in [0, 0.05) is 33.5 Å². The summed E-state index contributed by atoms with van der Waals surface area (Å²) in [5, 5.41) is 4.98. The highest BCUT2D eigenvalue weighted by molar-refractivity contribution is 6.16. The molecule has 1 aromatic heterocycles. The highest BCUT2D eigenvalue weighted by atomic mass is 15.1. The van der Waals surface area contributed by atoms with Crippen molar-refractivity contribution in [3.8, 4) is 39.1 Å². The van der Waals surface area contributed by atoms with Crippen LogP contribution in [0.4, 0.5) is 17.1 Å². The number of hydrogen-bond acceptors (Lipinski definition) is 1. The number of rotatable bonds is 7. The van der Waals surface area contributed by atoms with Crippen LogP contribution in [0.3, 0.4) is 0 Å². The fraction of sp³-hybridized carbons (Fsp3) is 0. The number of benzene rings is 9. The molecule has 1 heterocycles. The SMILES string of the molecule is c1ccc(-c2cccc(N(c3ccc(-c4cccc5ccccc45)cc3)c3ccc4c5c(-c6ccccc6)cccc5n(-c5ccccc5)c4c3)c2)cc1. The van der Waals surface area contributed by atoms with E-state index in [1.54, 1.807) is 0 Å². The quantitative estimate of drug-likeness (QED) is 0.162. The van der Waals surface area contributed by atoms with Gasteiger partial charge in [0.2, 0.25) is 0 Å². The topological polar surface area (TPSA) is 8.17 Å². The second-order valence-corrected chi connectivity index (χ2v) is 13.8. The molecule has 9 aromatic carbocycles. The van der Waals surface area contributed by atoms with Crippen molar-refractivity contribution in [1.29, 1.82) is 0 Å². The van der Waals surface area contributed by atoms with E-state index in [4.69, 9.17) is 0 Å². The Balaban J connectivity index is 1.19. The maximum atomic E-state index is 2.42. The third-order valence-electron chi connectivity index (χ3n) is 10.6. The summed E-state index contributed by atoms with van der Waals surface area (Å²) in [5.41, 5.74) is 14.0. The van der Waals surface area contributed by atoms with Crippen LogP contribution < -0.4 is 4.90 Å². The summed E-state index contributed by atoms with van der Waals surface area (Å²) in [7, 11) is 0. The molecule has 0 unspecified atom stereocenters. The van der Waals surface area contributed by atoms with Crippen LogP contribution >= 0.6 is 0 Å². The first-order chi connectivity index (χ1) is 26.8. The second-order valence-electron chi connectivity index (χ2n) is 13.8. The maximum Gasteiger partial charge on any atom is 0.0562 e. The Labute approximate surface area is 315 Å². The van der Waals surface area contributed by atoms with Crippen LogP contribution in [0.15, 0.2) is 218 Å². The Kier molecular flexibility index (Phi) is 7.85. The molecule has 0 aliphatic heterocycles. The first-order valence-electron chi connectivity index (χ1n) is 18.5. The maximum absolute atomic E-state index is 2.42. The van der Waals surface area contributed by atoms with Gasteiger partial charge in [-0.2, -0.15) is 0 Å². The zero-order valence-corrected chi connectivity index (χ0v) is 29.7. The lowest BCUT2D eigenvalue weighted by Gasteiger charge is -2.26. The molecule has 0 amide bonds. The van der Waals surface area contributed by atoms with Crippen LogP contribution in [-0.2, 0) is 0 Å². The van der Waals surface area contributed by atoms with E-state index in [9.17, 15) is 0 Å². The van der Waals surface area contributed by atoms with Gasteiger partial charge >= 0.3 is 0 Å². The predicted octanol–water partition coefficient (Wildman–Crippen LogP) is 14.4. The first kappa shape index (κ1) is 31.6. The average molecular weight is 689 g/mol. The van der Waals surface area contributed by atoms with E-state index in [0.717, 1.165) is 28.3 Å². The van der Waals surface area contributed by atoms with Crippen molar-refractivity contribution in [2.45, 2.75) is 0 Å². The van der Waals surface area contributed by atoms with Crippen LogP contribution in [0.5, 0.6) is 0 Å². The van der Waals surface area contributed by atoms with E-state index in [0.29, 0.717) is 0 Å². The minimum atomic E-state index is 1.09. The Morgan fingerprint density at radius 1 is 0.315 bits per heavy atom. The Bertz CT molecular complexity index is 2900. The molecule has 0 N–H and O–H groups in total. The lowest BCUT2D eigenvalue weighted by atomic mass is 9.98. The molecule has 2 nitrogen and oxygen atoms in total. The number of nitrogens with zero attached hydrogens (tertiary/aromatic N) is 2. The molecule has 0 fully saturated rings. The van der Waals surface area contributed by atoms with E-state index in [-0.39, 0.29) is 0 Å². The molecule has 254 valence electrons. The molecule has 0 bridgehead atoms. The van der Waals surface area contributed by atoms with E-state index in [1.165, 1.54) is 60.4 Å². The molecule has 0 spiro atoms. The van der Waals surface area contributed by atoms with Gasteiger partial charge in [0.15, 0.2) is 0 Å². The van der Waals surface area contributed by atoms with Crippen molar-refractivity contribution in [2.75, 3.05) is 4.90 Å². The molecular weight excluding hydrogens is 653 g/mol. The van der Waals surface area contributed by atoms with Crippen molar-refractivity contribution in [3.05, 3.63) is 218 Å². The Morgan fingerprint density at radius 3 is 1.69 bits per heavy atom. The van der Waals surface area contributed by atoms with Crippen LogP contribution in [0.1, 0.15) is 0 Å². The summed E-state index contributed by atoms with van der Waals surface area (Å²) in [6, 6.07) is 78.9. The average Bonchev–Trinajstić information content (AvgIpc) is 3.59. The predicted molar refractivity (Wildman–Crippen MR) is 229 cm³/mol. The molecular formula is C52H36N2. The van der Waals surface area contributed by atoms with Gasteiger partial charge in [0.05, 0.1) is 11.0 Å². The summed E-state index contributed by atoms with van der Waals surface area (Å²) < 4.78 is 2.42. The van der Waals surface area contributed by atoms with E-state index in [2.05, 4.69) is 228 Å². The van der Waals surface area contributed by atoms with Gasteiger partial charge in [-0.05, 0) is 98.8 Å². The van der Waals surface area contributed by atoms with Gasteiger partial charge < -0.3 is 9.47 Å². The summed E-state index contributed by atoms with van der Waals surface area (Å²) in [6.45, 7) is 0. The molecule has 2 heteroatoms. The third-order valence-corrected chi connectivity index (χ3v) is 10.6. The summed E-state index contributed by atoms with van der Waals surface area (Å²) in [5.74, 6) is 0. The van der Waals surface area contributed by atoms with E-state index < -0.39 is 0 Å². The Morgan fingerprint density at radius 2 is 0.889 bits per heavy atom. The van der Waals surface area contributed by atoms with E-state index in [1.807, 2.05) is 0 Å². The number of fused-ring (bicyclic) bond motifs is 4. The second kappa shape index (κ2) is 13.4. The minimum Gasteiger partial charge on any atom is -0.310 e. The van der Waals surface area contributed by atoms with Crippen molar-refractivity contribution in [1.82, 2.24) is 4.57 Å². The van der Waals surface area contributed by atoms with Gasteiger partial charge in [0.1, 0.15) is 0 Å². The standard InChI is InChI=1S/C52H36N2/c1-4-15-37(16-5-1)41-21-12-24-44(35-41)53(43-31-29-40(30-32-43)47-26-13-20-38-19-10-11-25-46(38)47)45-33-34-49-51(36-45)54(42-22-8-3-9-23-42)50-28-14-27-48(52(49)50)39-17-6-2-7-18-39/h1-36H. The molecule has 0 atom stereocenters. The number of hydrogen-bond donors (Lipinski definition) is 0. The lowest BCUT2D eigenvalue weighted by Crippen LogP contribution is -2.10. The fourth-order valence-electron chi connectivity index (χ4n) is 8.08. The monoisotopic (exact) mass is 688 g/mol. The van der Waals surface area contributed by atoms with Gasteiger partial charge in [-0.25, -0.2) is 0 Å². The van der Waals surface area contributed by atoms with Gasteiger partial charge in [-0.1, -0.05) is 164 Å². The minimum absolute atomic E-state index is 1.09. The van der Waals surface area contributed by atoms with Crippen LogP contribution in [0.2, 0.25) is 0 Å².